The Kier molecular flexibility index (Phi) is 7.00. The minimum Gasteiger partial charge on any atom is -0.474 e. The van der Waals surface area contributed by atoms with Crippen LogP contribution in [-0.4, -0.2) is 51.4 Å². The summed E-state index contributed by atoms with van der Waals surface area (Å²) in [4.78, 5) is 14.2. The van der Waals surface area contributed by atoms with Crippen LogP contribution in [0.1, 0.15) is 76.7 Å². The predicted molar refractivity (Wildman–Crippen MR) is 119 cm³/mol. The summed E-state index contributed by atoms with van der Waals surface area (Å²) >= 11 is 0. The van der Waals surface area contributed by atoms with Crippen LogP contribution in [0.5, 0.6) is 5.88 Å². The van der Waals surface area contributed by atoms with E-state index in [-0.39, 0.29) is 12.2 Å². The lowest BCUT2D eigenvalue weighted by atomic mass is 9.83. The van der Waals surface area contributed by atoms with Gasteiger partial charge in [0.2, 0.25) is 11.8 Å². The monoisotopic (exact) mass is 413 g/mol. The summed E-state index contributed by atoms with van der Waals surface area (Å²) in [5.41, 5.74) is 2.10. The summed E-state index contributed by atoms with van der Waals surface area (Å²) in [7, 11) is 0. The average molecular weight is 414 g/mol. The zero-order chi connectivity index (χ0) is 20.9. The highest BCUT2D eigenvalue weighted by Gasteiger charge is 2.25. The van der Waals surface area contributed by atoms with E-state index in [1.165, 1.54) is 0 Å². The molecular weight excluding hydrogens is 378 g/mol. The number of anilines is 1. The quantitative estimate of drug-likeness (QED) is 0.636. The molecule has 2 fully saturated rings. The normalized spacial score (nSPS) is 24.0. The number of nitrogens with zero attached hydrogens (tertiary/aromatic N) is 3. The lowest BCUT2D eigenvalue weighted by molar-refractivity contribution is 0.122. The summed E-state index contributed by atoms with van der Waals surface area (Å²) in [6.45, 7) is 6.31. The Morgan fingerprint density at radius 3 is 2.63 bits per heavy atom. The fraction of sp³-hybridized carbons (Fsp3) is 0.696. The standard InChI is InChI=1S/C23H35N5O2/c1-3-4-15(2)27-23-26-14-20-21(28-23)19(16-5-7-17(29)8-6-16)13-25-22(20)30-18-9-11-24-12-10-18/h13-18,24,29H,3-12H2,1-2H3,(H,26,27,28)/t15-,16-,17-/m0/s1. The molecule has 4 rings (SSSR count). The molecule has 1 saturated heterocycles. The summed E-state index contributed by atoms with van der Waals surface area (Å²) in [5, 5.41) is 17.6. The predicted octanol–water partition coefficient (Wildman–Crippen LogP) is 3.77. The van der Waals surface area contributed by atoms with Crippen LogP contribution in [0, 0.1) is 0 Å². The third-order valence-electron chi connectivity index (χ3n) is 6.41. The number of aliphatic hydroxyl groups is 1. The van der Waals surface area contributed by atoms with Gasteiger partial charge in [-0.05, 0) is 70.9 Å². The van der Waals surface area contributed by atoms with E-state index in [4.69, 9.17) is 14.7 Å². The molecule has 0 spiro atoms. The Balaban J connectivity index is 1.67. The molecule has 0 aromatic carbocycles. The largest absolute Gasteiger partial charge is 0.474 e. The molecule has 3 N–H and O–H groups in total. The number of rotatable bonds is 7. The smallest absolute Gasteiger partial charge is 0.224 e. The molecule has 2 aromatic rings. The highest BCUT2D eigenvalue weighted by atomic mass is 16.5. The van der Waals surface area contributed by atoms with E-state index in [2.05, 4.69) is 29.5 Å². The van der Waals surface area contributed by atoms with Crippen LogP contribution in [0.25, 0.3) is 10.9 Å². The van der Waals surface area contributed by atoms with Crippen LogP contribution in [0.3, 0.4) is 0 Å². The molecule has 30 heavy (non-hydrogen) atoms. The van der Waals surface area contributed by atoms with E-state index in [1.54, 1.807) is 0 Å². The second kappa shape index (κ2) is 9.88. The van der Waals surface area contributed by atoms with Crippen molar-refractivity contribution in [3.63, 3.8) is 0 Å². The fourth-order valence-electron chi connectivity index (χ4n) is 4.66. The number of nitrogens with one attached hydrogen (secondary N) is 2. The molecule has 1 aliphatic heterocycles. The van der Waals surface area contributed by atoms with Gasteiger partial charge in [-0.1, -0.05) is 13.3 Å². The van der Waals surface area contributed by atoms with Gasteiger partial charge in [-0.3, -0.25) is 0 Å². The molecule has 7 heteroatoms. The van der Waals surface area contributed by atoms with Gasteiger partial charge in [0.15, 0.2) is 0 Å². The van der Waals surface area contributed by atoms with Gasteiger partial charge >= 0.3 is 0 Å². The van der Waals surface area contributed by atoms with Gasteiger partial charge in [0.05, 0.1) is 17.0 Å². The van der Waals surface area contributed by atoms with Gasteiger partial charge in [-0.25, -0.2) is 15.0 Å². The second-order valence-electron chi connectivity index (χ2n) is 8.88. The zero-order valence-corrected chi connectivity index (χ0v) is 18.2. The Labute approximate surface area is 179 Å². The van der Waals surface area contributed by atoms with Gasteiger partial charge in [0.1, 0.15) is 6.10 Å². The first kappa shape index (κ1) is 21.2. The van der Waals surface area contributed by atoms with E-state index in [9.17, 15) is 5.11 Å². The number of fused-ring (bicyclic) bond motifs is 1. The molecule has 7 nitrogen and oxygen atoms in total. The topological polar surface area (TPSA) is 92.2 Å². The Bertz CT molecular complexity index is 832. The molecule has 1 aliphatic carbocycles. The third-order valence-corrected chi connectivity index (χ3v) is 6.41. The first-order valence-electron chi connectivity index (χ1n) is 11.6. The molecule has 0 amide bonds. The van der Waals surface area contributed by atoms with Crippen LogP contribution in [-0.2, 0) is 0 Å². The second-order valence-corrected chi connectivity index (χ2v) is 8.88. The van der Waals surface area contributed by atoms with Gasteiger partial charge in [-0.15, -0.1) is 0 Å². The van der Waals surface area contributed by atoms with Crippen LogP contribution in [0.2, 0.25) is 0 Å². The summed E-state index contributed by atoms with van der Waals surface area (Å²) < 4.78 is 6.30. The summed E-state index contributed by atoms with van der Waals surface area (Å²) in [6, 6.07) is 0.327. The van der Waals surface area contributed by atoms with E-state index >= 15 is 0 Å². The van der Waals surface area contributed by atoms with Crippen LogP contribution < -0.4 is 15.4 Å². The van der Waals surface area contributed by atoms with E-state index < -0.39 is 0 Å². The Morgan fingerprint density at radius 1 is 1.13 bits per heavy atom. The SMILES string of the molecule is CCC[C@H](C)Nc1ncc2c(OC3CCNCC3)ncc([C@H]3CC[C@H](O)CC3)c2n1. The zero-order valence-electron chi connectivity index (χ0n) is 18.2. The molecule has 0 radical (unpaired) electrons. The van der Waals surface area contributed by atoms with E-state index in [0.717, 1.165) is 80.9 Å². The molecular formula is C23H35N5O2. The lowest BCUT2D eigenvalue weighted by Gasteiger charge is -2.27. The Hall–Kier alpha value is -1.99. The number of aliphatic hydroxyl groups excluding tert-OH is 1. The van der Waals surface area contributed by atoms with Gasteiger partial charge in [0.25, 0.3) is 0 Å². The van der Waals surface area contributed by atoms with Crippen molar-refractivity contribution in [1.82, 2.24) is 20.3 Å². The van der Waals surface area contributed by atoms with Gasteiger partial charge in [0, 0.05) is 24.0 Å². The van der Waals surface area contributed by atoms with Gasteiger partial charge in [-0.2, -0.15) is 0 Å². The number of hydrogen-bond donors (Lipinski definition) is 3. The highest BCUT2D eigenvalue weighted by molar-refractivity contribution is 5.86. The minimum absolute atomic E-state index is 0.176. The van der Waals surface area contributed by atoms with E-state index in [1.807, 2.05) is 12.4 Å². The Morgan fingerprint density at radius 2 is 1.90 bits per heavy atom. The number of ether oxygens (including phenoxy) is 1. The van der Waals surface area contributed by atoms with Crippen LogP contribution in [0.4, 0.5) is 5.95 Å². The molecule has 0 bridgehead atoms. The minimum atomic E-state index is -0.176. The van der Waals surface area contributed by atoms with Crippen molar-refractivity contribution >= 4 is 16.9 Å². The maximum atomic E-state index is 9.93. The third kappa shape index (κ3) is 5.01. The number of hydrogen-bond acceptors (Lipinski definition) is 7. The molecule has 3 heterocycles. The average Bonchev–Trinajstić information content (AvgIpc) is 2.75. The molecule has 2 aliphatic rings. The maximum Gasteiger partial charge on any atom is 0.224 e. The lowest BCUT2D eigenvalue weighted by Crippen LogP contribution is -2.34. The van der Waals surface area contributed by atoms with Crippen molar-refractivity contribution in [3.8, 4) is 5.88 Å². The van der Waals surface area contributed by atoms with Crippen LogP contribution >= 0.6 is 0 Å². The van der Waals surface area contributed by atoms with Crippen molar-refractivity contribution in [2.24, 2.45) is 0 Å². The summed E-state index contributed by atoms with van der Waals surface area (Å²) in [6.07, 6.45) is 11.6. The molecule has 1 saturated carbocycles. The summed E-state index contributed by atoms with van der Waals surface area (Å²) in [5.74, 6) is 1.68. The molecule has 164 valence electrons. The van der Waals surface area contributed by atoms with Crippen molar-refractivity contribution in [1.29, 1.82) is 0 Å². The first-order chi connectivity index (χ1) is 14.6. The first-order valence-corrected chi connectivity index (χ1v) is 11.6. The van der Waals surface area contributed by atoms with Gasteiger partial charge < -0.3 is 20.5 Å². The molecule has 1 atom stereocenters. The number of aromatic nitrogens is 3. The number of piperidine rings is 1. The fourth-order valence-corrected chi connectivity index (χ4v) is 4.66. The van der Waals surface area contributed by atoms with Crippen molar-refractivity contribution < 1.29 is 9.84 Å². The number of pyridine rings is 1. The molecule has 2 aromatic heterocycles. The maximum absolute atomic E-state index is 9.93. The molecule has 0 unspecified atom stereocenters. The van der Waals surface area contributed by atoms with Crippen molar-refractivity contribution in [2.75, 3.05) is 18.4 Å². The highest BCUT2D eigenvalue weighted by Crippen LogP contribution is 2.38. The van der Waals surface area contributed by atoms with Crippen molar-refractivity contribution in [3.05, 3.63) is 18.0 Å². The van der Waals surface area contributed by atoms with E-state index in [0.29, 0.717) is 23.8 Å². The van der Waals surface area contributed by atoms with Crippen molar-refractivity contribution in [2.45, 2.75) is 89.4 Å². The van der Waals surface area contributed by atoms with Crippen LogP contribution in [0.15, 0.2) is 12.4 Å².